The van der Waals surface area contributed by atoms with E-state index in [1.165, 1.54) is 0 Å². The molecule has 116 valence electrons. The Hall–Kier alpha value is -1.91. The lowest BCUT2D eigenvalue weighted by atomic mass is 9.94. The van der Waals surface area contributed by atoms with E-state index in [0.717, 1.165) is 16.7 Å². The average molecular weight is 313 g/mol. The summed E-state index contributed by atoms with van der Waals surface area (Å²) in [7, 11) is 0.396. The topological polar surface area (TPSA) is 49.3 Å². The van der Waals surface area contributed by atoms with E-state index in [-0.39, 0.29) is 5.67 Å². The second-order valence-electron chi connectivity index (χ2n) is 6.53. The normalized spacial score (nSPS) is 12.9. The minimum atomic E-state index is -1.55. The third-order valence-electron chi connectivity index (χ3n) is 3.86. The summed E-state index contributed by atoms with van der Waals surface area (Å²) in [4.78, 5) is 11.7. The Morgan fingerprint density at radius 2 is 1.68 bits per heavy atom. The van der Waals surface area contributed by atoms with Crippen molar-refractivity contribution in [2.45, 2.75) is 25.3 Å². The van der Waals surface area contributed by atoms with Gasteiger partial charge < -0.3 is 10.4 Å². The van der Waals surface area contributed by atoms with E-state index in [0.29, 0.717) is 5.56 Å². The Bertz CT molecular complexity index is 663. The van der Waals surface area contributed by atoms with Crippen LogP contribution in [-0.4, -0.2) is 26.2 Å². The zero-order valence-electron chi connectivity index (χ0n) is 13.6. The smallest absolute Gasteiger partial charge is 0.336 e. The first-order valence-electron chi connectivity index (χ1n) is 7.45. The van der Waals surface area contributed by atoms with Gasteiger partial charge in [0.25, 0.3) is 0 Å². The number of aromatic carboxylic acids is 1. The summed E-state index contributed by atoms with van der Waals surface area (Å²) in [6.07, 6.45) is 0. The Kier molecular flexibility index (Phi) is 4.83. The molecule has 0 heterocycles. The van der Waals surface area contributed by atoms with Gasteiger partial charge in [-0.2, -0.15) is 0 Å². The first kappa shape index (κ1) is 16.5. The van der Waals surface area contributed by atoms with Gasteiger partial charge in [-0.1, -0.05) is 62.1 Å². The highest BCUT2D eigenvalue weighted by atomic mass is 28.3. The van der Waals surface area contributed by atoms with Gasteiger partial charge in [0.15, 0.2) is 0 Å². The zero-order valence-corrected chi connectivity index (χ0v) is 14.6. The van der Waals surface area contributed by atoms with Crippen LogP contribution in [0.4, 0.5) is 0 Å². The molecule has 0 aliphatic rings. The van der Waals surface area contributed by atoms with Crippen molar-refractivity contribution in [2.24, 2.45) is 0 Å². The summed E-state index contributed by atoms with van der Waals surface area (Å²) in [5.41, 5.74) is 3.42. The van der Waals surface area contributed by atoms with E-state index in [1.54, 1.807) is 6.07 Å². The van der Waals surface area contributed by atoms with Crippen molar-refractivity contribution in [3.63, 3.8) is 0 Å². The van der Waals surface area contributed by atoms with Crippen LogP contribution in [0, 0.1) is 0 Å². The van der Waals surface area contributed by atoms with Gasteiger partial charge in [0.05, 0.1) is 13.6 Å². The fourth-order valence-electron chi connectivity index (χ4n) is 2.97. The van der Waals surface area contributed by atoms with Crippen molar-refractivity contribution in [1.29, 1.82) is 0 Å². The Morgan fingerprint density at radius 1 is 1.05 bits per heavy atom. The second-order valence-corrected chi connectivity index (χ2v) is 11.8. The first-order valence-corrected chi connectivity index (χ1v) is 11.0. The van der Waals surface area contributed by atoms with Gasteiger partial charge >= 0.3 is 5.97 Å². The van der Waals surface area contributed by atoms with Gasteiger partial charge in [-0.3, -0.25) is 0 Å². The summed E-state index contributed by atoms with van der Waals surface area (Å²) in [6, 6.07) is 15.4. The number of carboxylic acids is 1. The molecule has 1 atom stereocenters. The zero-order chi connectivity index (χ0) is 16.3. The molecule has 1 unspecified atom stereocenters. The van der Waals surface area contributed by atoms with Gasteiger partial charge in [-0.05, 0) is 24.2 Å². The van der Waals surface area contributed by atoms with Crippen molar-refractivity contribution in [3.05, 3.63) is 59.7 Å². The first-order chi connectivity index (χ1) is 10.4. The van der Waals surface area contributed by atoms with Crippen LogP contribution in [0.5, 0.6) is 0 Å². The maximum absolute atomic E-state index is 11.7. The van der Waals surface area contributed by atoms with Crippen molar-refractivity contribution >= 4 is 14.0 Å². The van der Waals surface area contributed by atoms with Crippen LogP contribution in [0.1, 0.15) is 21.6 Å². The number of benzene rings is 2. The lowest BCUT2D eigenvalue weighted by molar-refractivity contribution is 0.0697. The molecule has 3 nitrogen and oxygen atoms in total. The SMILES string of the molecule is CNC(c1cccc(C(=O)O)c1-c1ccccc1)[Si](C)(C)C. The predicted molar refractivity (Wildman–Crippen MR) is 94.0 cm³/mol. The molecule has 0 aliphatic carbocycles. The third-order valence-corrected chi connectivity index (χ3v) is 6.19. The molecule has 0 saturated carbocycles. The quantitative estimate of drug-likeness (QED) is 0.814. The summed E-state index contributed by atoms with van der Waals surface area (Å²) in [6.45, 7) is 6.86. The monoisotopic (exact) mass is 313 g/mol. The molecule has 0 radical (unpaired) electrons. The summed E-state index contributed by atoms with van der Waals surface area (Å²) >= 11 is 0. The number of carbonyl (C=O) groups is 1. The fourth-order valence-corrected chi connectivity index (χ4v) is 5.01. The van der Waals surface area contributed by atoms with E-state index in [9.17, 15) is 9.90 Å². The molecule has 0 spiro atoms. The largest absolute Gasteiger partial charge is 0.478 e. The Morgan fingerprint density at radius 3 is 2.18 bits per heavy atom. The number of rotatable bonds is 5. The lowest BCUT2D eigenvalue weighted by Crippen LogP contribution is -2.39. The van der Waals surface area contributed by atoms with Gasteiger partial charge in [0.1, 0.15) is 0 Å². The highest BCUT2D eigenvalue weighted by molar-refractivity contribution is 6.77. The standard InChI is InChI=1S/C18H23NO2Si/c1-19-17(22(2,3)4)14-11-8-12-15(18(20)21)16(14)13-9-6-5-7-10-13/h5-12,17,19H,1-4H3,(H,20,21). The number of hydrogen-bond donors (Lipinski definition) is 2. The molecule has 0 aromatic heterocycles. The average Bonchev–Trinajstić information content (AvgIpc) is 2.47. The maximum atomic E-state index is 11.7. The fraction of sp³-hybridized carbons (Fsp3) is 0.278. The van der Waals surface area contributed by atoms with Crippen molar-refractivity contribution in [2.75, 3.05) is 7.05 Å². The van der Waals surface area contributed by atoms with E-state index < -0.39 is 14.0 Å². The summed E-state index contributed by atoms with van der Waals surface area (Å²) < 4.78 is 0. The van der Waals surface area contributed by atoms with Crippen molar-refractivity contribution in [3.8, 4) is 11.1 Å². The number of hydrogen-bond acceptors (Lipinski definition) is 2. The van der Waals surface area contributed by atoms with Crippen molar-refractivity contribution in [1.82, 2.24) is 5.32 Å². The van der Waals surface area contributed by atoms with Crippen LogP contribution < -0.4 is 5.32 Å². The second kappa shape index (κ2) is 6.46. The summed E-state index contributed by atoms with van der Waals surface area (Å²) in [5.74, 6) is -0.883. The molecular formula is C18H23NO2Si. The van der Waals surface area contributed by atoms with Crippen LogP contribution in [0.15, 0.2) is 48.5 Å². The van der Waals surface area contributed by atoms with Gasteiger partial charge in [0.2, 0.25) is 0 Å². The molecule has 2 N–H and O–H groups in total. The highest BCUT2D eigenvalue weighted by Gasteiger charge is 2.30. The van der Waals surface area contributed by atoms with E-state index >= 15 is 0 Å². The van der Waals surface area contributed by atoms with Crippen LogP contribution in [-0.2, 0) is 0 Å². The van der Waals surface area contributed by atoms with Crippen LogP contribution in [0.25, 0.3) is 11.1 Å². The molecule has 0 saturated heterocycles. The minimum Gasteiger partial charge on any atom is -0.478 e. The van der Waals surface area contributed by atoms with Gasteiger partial charge in [-0.15, -0.1) is 0 Å². The molecule has 2 aromatic carbocycles. The maximum Gasteiger partial charge on any atom is 0.336 e. The summed E-state index contributed by atoms with van der Waals surface area (Å²) in [5, 5.41) is 13.0. The number of carboxylic acid groups (broad SMARTS) is 1. The van der Waals surface area contributed by atoms with Crippen LogP contribution in [0.2, 0.25) is 19.6 Å². The van der Waals surface area contributed by atoms with E-state index in [1.807, 2.05) is 49.5 Å². The molecule has 0 fully saturated rings. The third kappa shape index (κ3) is 3.29. The van der Waals surface area contributed by atoms with E-state index in [2.05, 4.69) is 25.0 Å². The van der Waals surface area contributed by atoms with Crippen LogP contribution >= 0.6 is 0 Å². The van der Waals surface area contributed by atoms with Crippen molar-refractivity contribution < 1.29 is 9.90 Å². The molecular weight excluding hydrogens is 290 g/mol. The molecule has 4 heteroatoms. The molecule has 0 bridgehead atoms. The van der Waals surface area contributed by atoms with E-state index in [4.69, 9.17) is 0 Å². The molecule has 2 rings (SSSR count). The van der Waals surface area contributed by atoms with Crippen LogP contribution in [0.3, 0.4) is 0 Å². The minimum absolute atomic E-state index is 0.196. The van der Waals surface area contributed by atoms with Gasteiger partial charge in [0, 0.05) is 11.2 Å². The molecule has 2 aromatic rings. The predicted octanol–water partition coefficient (Wildman–Crippen LogP) is 4.19. The highest BCUT2D eigenvalue weighted by Crippen LogP contribution is 2.35. The Balaban J connectivity index is 2.75. The lowest BCUT2D eigenvalue weighted by Gasteiger charge is -2.31. The Labute approximate surface area is 133 Å². The van der Waals surface area contributed by atoms with Gasteiger partial charge in [-0.25, -0.2) is 4.79 Å². The molecule has 0 amide bonds. The molecule has 22 heavy (non-hydrogen) atoms. The molecule has 0 aliphatic heterocycles. The number of nitrogens with one attached hydrogen (secondary N) is 1.